The van der Waals surface area contributed by atoms with Crippen LogP contribution in [0.2, 0.25) is 0 Å². The average molecular weight is 406 g/mol. The van der Waals surface area contributed by atoms with Crippen LogP contribution < -0.4 is 10.2 Å². The van der Waals surface area contributed by atoms with E-state index in [2.05, 4.69) is 22.2 Å². The largest absolute Gasteiger partial charge is 0.433 e. The third-order valence-electron chi connectivity index (χ3n) is 5.31. The summed E-state index contributed by atoms with van der Waals surface area (Å²) in [5.41, 5.74) is 0.304. The molecule has 1 aliphatic heterocycles. The van der Waals surface area contributed by atoms with Crippen LogP contribution in [0.5, 0.6) is 0 Å². The molecule has 0 aliphatic carbocycles. The third-order valence-corrected chi connectivity index (χ3v) is 5.31. The molecule has 1 aliphatic rings. The molecule has 0 bridgehead atoms. The van der Waals surface area contributed by atoms with Gasteiger partial charge in [0, 0.05) is 31.4 Å². The summed E-state index contributed by atoms with van der Waals surface area (Å²) in [6.45, 7) is 5.30. The maximum absolute atomic E-state index is 13.2. The van der Waals surface area contributed by atoms with Crippen molar-refractivity contribution in [1.82, 2.24) is 15.3 Å². The van der Waals surface area contributed by atoms with Crippen LogP contribution in [0.3, 0.4) is 0 Å². The molecule has 0 aromatic carbocycles. The number of rotatable bonds is 5. The van der Waals surface area contributed by atoms with Crippen molar-refractivity contribution in [2.24, 2.45) is 5.92 Å². The molecule has 3 rings (SSSR count). The molecular formula is C21H25F3N4O. The summed E-state index contributed by atoms with van der Waals surface area (Å²) in [6, 6.07) is 7.73. The SMILES string of the molecule is CC1CCN(c2nc(C(F)(F)F)ccc2CNC(=O)C(C)c2ccccn2)CC1. The van der Waals surface area contributed by atoms with E-state index in [1.54, 1.807) is 31.3 Å². The van der Waals surface area contributed by atoms with Gasteiger partial charge in [0.05, 0.1) is 11.6 Å². The second-order valence-electron chi connectivity index (χ2n) is 7.54. The molecule has 156 valence electrons. The fraction of sp³-hybridized carbons (Fsp3) is 0.476. The van der Waals surface area contributed by atoms with Gasteiger partial charge in [-0.3, -0.25) is 9.78 Å². The van der Waals surface area contributed by atoms with E-state index in [9.17, 15) is 18.0 Å². The number of hydrogen-bond acceptors (Lipinski definition) is 4. The molecule has 0 spiro atoms. The highest BCUT2D eigenvalue weighted by Gasteiger charge is 2.34. The van der Waals surface area contributed by atoms with Crippen molar-refractivity contribution < 1.29 is 18.0 Å². The maximum atomic E-state index is 13.2. The van der Waals surface area contributed by atoms with Gasteiger partial charge < -0.3 is 10.2 Å². The van der Waals surface area contributed by atoms with E-state index in [1.807, 2.05) is 4.90 Å². The Hall–Kier alpha value is -2.64. The summed E-state index contributed by atoms with van der Waals surface area (Å²) < 4.78 is 39.5. The number of halogens is 3. The molecular weight excluding hydrogens is 381 g/mol. The number of carbonyl (C=O) groups is 1. The molecule has 1 unspecified atom stereocenters. The van der Waals surface area contributed by atoms with Crippen molar-refractivity contribution in [2.45, 2.75) is 45.3 Å². The van der Waals surface area contributed by atoms with Gasteiger partial charge in [-0.25, -0.2) is 4.98 Å². The molecule has 8 heteroatoms. The normalized spacial score (nSPS) is 16.5. The van der Waals surface area contributed by atoms with E-state index in [0.717, 1.165) is 18.9 Å². The molecule has 2 aromatic rings. The lowest BCUT2D eigenvalue weighted by atomic mass is 9.99. The van der Waals surface area contributed by atoms with E-state index in [-0.39, 0.29) is 12.5 Å². The van der Waals surface area contributed by atoms with Crippen LogP contribution in [0.15, 0.2) is 36.5 Å². The first-order valence-corrected chi connectivity index (χ1v) is 9.76. The van der Waals surface area contributed by atoms with Gasteiger partial charge in [0.25, 0.3) is 0 Å². The maximum Gasteiger partial charge on any atom is 0.433 e. The second-order valence-corrected chi connectivity index (χ2v) is 7.54. The highest BCUT2D eigenvalue weighted by Crippen LogP contribution is 2.32. The molecule has 29 heavy (non-hydrogen) atoms. The van der Waals surface area contributed by atoms with Gasteiger partial charge in [0.15, 0.2) is 0 Å². The van der Waals surface area contributed by atoms with Gasteiger partial charge in [0.2, 0.25) is 5.91 Å². The Kier molecular flexibility index (Phi) is 6.39. The minimum atomic E-state index is -4.51. The molecule has 0 saturated carbocycles. The van der Waals surface area contributed by atoms with Crippen molar-refractivity contribution in [2.75, 3.05) is 18.0 Å². The van der Waals surface area contributed by atoms with Crippen LogP contribution in [0.1, 0.15) is 49.6 Å². The number of anilines is 1. The van der Waals surface area contributed by atoms with E-state index in [4.69, 9.17) is 0 Å². The fourth-order valence-electron chi connectivity index (χ4n) is 3.37. The number of aromatic nitrogens is 2. The van der Waals surface area contributed by atoms with Crippen LogP contribution in [0, 0.1) is 5.92 Å². The van der Waals surface area contributed by atoms with Crippen LogP contribution in [0.4, 0.5) is 19.0 Å². The van der Waals surface area contributed by atoms with Crippen LogP contribution >= 0.6 is 0 Å². The lowest BCUT2D eigenvalue weighted by Crippen LogP contribution is -2.35. The van der Waals surface area contributed by atoms with Crippen LogP contribution in [0.25, 0.3) is 0 Å². The lowest BCUT2D eigenvalue weighted by molar-refractivity contribution is -0.141. The molecule has 2 aromatic heterocycles. The first kappa shape index (κ1) is 21.1. The van der Waals surface area contributed by atoms with Crippen molar-refractivity contribution in [1.29, 1.82) is 0 Å². The molecule has 1 atom stereocenters. The highest BCUT2D eigenvalue weighted by atomic mass is 19.4. The zero-order valence-electron chi connectivity index (χ0n) is 16.5. The van der Waals surface area contributed by atoms with Crippen molar-refractivity contribution in [3.05, 3.63) is 53.5 Å². The number of alkyl halides is 3. The molecule has 1 N–H and O–H groups in total. The topological polar surface area (TPSA) is 58.1 Å². The minimum absolute atomic E-state index is 0.114. The van der Waals surface area contributed by atoms with Crippen molar-refractivity contribution in [3.8, 4) is 0 Å². The number of amides is 1. The number of hydrogen-bond donors (Lipinski definition) is 1. The van der Waals surface area contributed by atoms with Crippen molar-refractivity contribution in [3.63, 3.8) is 0 Å². The summed E-state index contributed by atoms with van der Waals surface area (Å²) in [5, 5.41) is 2.82. The fourth-order valence-corrected chi connectivity index (χ4v) is 3.37. The predicted octanol–water partition coefficient (Wildman–Crippen LogP) is 4.15. The zero-order chi connectivity index (χ0) is 21.0. The smallest absolute Gasteiger partial charge is 0.356 e. The highest BCUT2D eigenvalue weighted by molar-refractivity contribution is 5.82. The summed E-state index contributed by atoms with van der Waals surface area (Å²) in [7, 11) is 0. The number of pyridine rings is 2. The zero-order valence-corrected chi connectivity index (χ0v) is 16.5. The van der Waals surface area contributed by atoms with Crippen LogP contribution in [-0.2, 0) is 17.5 Å². The molecule has 1 fully saturated rings. The van der Waals surface area contributed by atoms with E-state index < -0.39 is 17.8 Å². The molecule has 5 nitrogen and oxygen atoms in total. The summed E-state index contributed by atoms with van der Waals surface area (Å²) in [5.74, 6) is 0.150. The lowest BCUT2D eigenvalue weighted by Gasteiger charge is -2.33. The number of nitrogens with one attached hydrogen (secondary N) is 1. The molecule has 0 radical (unpaired) electrons. The molecule has 1 amide bonds. The Morgan fingerprint density at radius 2 is 1.97 bits per heavy atom. The Morgan fingerprint density at radius 3 is 2.59 bits per heavy atom. The number of nitrogens with zero attached hydrogens (tertiary/aromatic N) is 3. The van der Waals surface area contributed by atoms with Gasteiger partial charge in [-0.1, -0.05) is 19.1 Å². The summed E-state index contributed by atoms with van der Waals surface area (Å²) >= 11 is 0. The van der Waals surface area contributed by atoms with Gasteiger partial charge in [0.1, 0.15) is 11.5 Å². The Bertz CT molecular complexity index is 834. The van der Waals surface area contributed by atoms with Gasteiger partial charge in [-0.15, -0.1) is 0 Å². The Labute approximate surface area is 168 Å². The quantitative estimate of drug-likeness (QED) is 0.810. The summed E-state index contributed by atoms with van der Waals surface area (Å²) in [6.07, 6.45) is -1.08. The molecule has 3 heterocycles. The predicted molar refractivity (Wildman–Crippen MR) is 104 cm³/mol. The van der Waals surface area contributed by atoms with E-state index in [1.165, 1.54) is 6.07 Å². The van der Waals surface area contributed by atoms with Gasteiger partial charge in [-0.2, -0.15) is 13.2 Å². The van der Waals surface area contributed by atoms with Crippen molar-refractivity contribution >= 4 is 11.7 Å². The number of carbonyl (C=O) groups excluding carboxylic acids is 1. The van der Waals surface area contributed by atoms with Gasteiger partial charge in [-0.05, 0) is 43.9 Å². The van der Waals surface area contributed by atoms with Crippen LogP contribution in [-0.4, -0.2) is 29.0 Å². The average Bonchev–Trinajstić information content (AvgIpc) is 2.72. The first-order chi connectivity index (χ1) is 13.8. The van der Waals surface area contributed by atoms with Gasteiger partial charge >= 0.3 is 6.18 Å². The first-order valence-electron chi connectivity index (χ1n) is 9.76. The Morgan fingerprint density at radius 1 is 1.24 bits per heavy atom. The Balaban J connectivity index is 1.78. The van der Waals surface area contributed by atoms with E-state index in [0.29, 0.717) is 36.1 Å². The third kappa shape index (κ3) is 5.25. The minimum Gasteiger partial charge on any atom is -0.356 e. The monoisotopic (exact) mass is 406 g/mol. The number of piperidine rings is 1. The standard InChI is InChI=1S/C21H25F3N4O/c1-14-8-11-28(12-9-14)19-16(6-7-18(27-19)21(22,23)24)13-26-20(29)15(2)17-5-3-4-10-25-17/h3-7,10,14-15H,8-9,11-13H2,1-2H3,(H,26,29). The van der Waals surface area contributed by atoms with E-state index >= 15 is 0 Å². The molecule has 1 saturated heterocycles. The second kappa shape index (κ2) is 8.80. The summed E-state index contributed by atoms with van der Waals surface area (Å²) in [4.78, 5) is 22.5.